The molecule has 6 heteroatoms. The van der Waals surface area contributed by atoms with E-state index in [9.17, 15) is 8.42 Å². The summed E-state index contributed by atoms with van der Waals surface area (Å²) < 4.78 is 23.8. The Labute approximate surface area is 153 Å². The first kappa shape index (κ1) is 16.9. The summed E-state index contributed by atoms with van der Waals surface area (Å²) in [5, 5.41) is 2.32. The molecule has 2 heterocycles. The molecule has 1 saturated heterocycles. The molecule has 2 fully saturated rings. The van der Waals surface area contributed by atoms with Gasteiger partial charge in [0.25, 0.3) is 0 Å². The van der Waals surface area contributed by atoms with Crippen LogP contribution in [-0.4, -0.2) is 31.5 Å². The standard InChI is InChI=1S/C19H21ClN2O2S/c1-11(2)13-5-6-16(15-9-21-18(20)7-14(13)15)22-10-19(12(22)3)8-17(19)25(4,23)24/h5-7,9,11,17H,3,8,10H2,1-2,4H3/t17-,19+/m0/s1. The summed E-state index contributed by atoms with van der Waals surface area (Å²) in [5.41, 5.74) is 2.90. The summed E-state index contributed by atoms with van der Waals surface area (Å²) in [7, 11) is -3.02. The molecule has 1 spiro atoms. The van der Waals surface area contributed by atoms with E-state index in [1.54, 1.807) is 6.20 Å². The van der Waals surface area contributed by atoms with Crippen LogP contribution in [0.4, 0.5) is 5.69 Å². The maximum atomic E-state index is 11.9. The predicted octanol–water partition coefficient (Wildman–Crippen LogP) is 4.15. The van der Waals surface area contributed by atoms with E-state index in [2.05, 4.69) is 42.4 Å². The summed E-state index contributed by atoms with van der Waals surface area (Å²) >= 11 is 6.12. The van der Waals surface area contributed by atoms with Crippen LogP contribution in [0.15, 0.2) is 36.7 Å². The van der Waals surface area contributed by atoms with Gasteiger partial charge in [-0.15, -0.1) is 0 Å². The highest BCUT2D eigenvalue weighted by atomic mass is 35.5. The molecule has 0 radical (unpaired) electrons. The average molecular weight is 377 g/mol. The van der Waals surface area contributed by atoms with Crippen molar-refractivity contribution in [3.8, 4) is 0 Å². The zero-order chi connectivity index (χ0) is 18.1. The first-order valence-electron chi connectivity index (χ1n) is 8.39. The van der Waals surface area contributed by atoms with Crippen molar-refractivity contribution < 1.29 is 8.42 Å². The van der Waals surface area contributed by atoms with Crippen molar-refractivity contribution >= 4 is 37.9 Å². The lowest BCUT2D eigenvalue weighted by Crippen LogP contribution is -2.48. The lowest BCUT2D eigenvalue weighted by atomic mass is 9.89. The smallest absolute Gasteiger partial charge is 0.151 e. The van der Waals surface area contributed by atoms with Gasteiger partial charge in [-0.05, 0) is 35.4 Å². The number of hydrogen-bond donors (Lipinski definition) is 0. The summed E-state index contributed by atoms with van der Waals surface area (Å²) in [5.74, 6) is 0.374. The van der Waals surface area contributed by atoms with Crippen LogP contribution in [0.25, 0.3) is 10.8 Å². The van der Waals surface area contributed by atoms with Gasteiger partial charge in [0.15, 0.2) is 9.84 Å². The highest BCUT2D eigenvalue weighted by Gasteiger charge is 2.68. The van der Waals surface area contributed by atoms with E-state index in [0.29, 0.717) is 24.0 Å². The SMILES string of the molecule is C=C1N(c2ccc(C(C)C)c3cc(Cl)ncc23)C[C@]12C[C@@H]2S(C)(=O)=O. The molecule has 4 nitrogen and oxygen atoms in total. The first-order chi connectivity index (χ1) is 11.6. The van der Waals surface area contributed by atoms with Gasteiger partial charge in [-0.1, -0.05) is 38.1 Å². The number of hydrogen-bond acceptors (Lipinski definition) is 4. The van der Waals surface area contributed by atoms with Gasteiger partial charge in [-0.25, -0.2) is 13.4 Å². The Morgan fingerprint density at radius 1 is 1.36 bits per heavy atom. The predicted molar refractivity (Wildman–Crippen MR) is 103 cm³/mol. The van der Waals surface area contributed by atoms with Crippen molar-refractivity contribution in [1.29, 1.82) is 0 Å². The average Bonchev–Trinajstić information content (AvgIpc) is 3.29. The molecule has 1 saturated carbocycles. The van der Waals surface area contributed by atoms with Crippen molar-refractivity contribution in [2.24, 2.45) is 5.41 Å². The van der Waals surface area contributed by atoms with E-state index in [1.165, 1.54) is 11.8 Å². The van der Waals surface area contributed by atoms with E-state index in [4.69, 9.17) is 11.6 Å². The Morgan fingerprint density at radius 2 is 2.08 bits per heavy atom. The van der Waals surface area contributed by atoms with Crippen LogP contribution in [0.1, 0.15) is 31.7 Å². The van der Waals surface area contributed by atoms with Crippen molar-refractivity contribution in [2.75, 3.05) is 17.7 Å². The molecule has 1 aromatic heterocycles. The second-order valence-electron chi connectivity index (χ2n) is 7.59. The quantitative estimate of drug-likeness (QED) is 0.755. The largest absolute Gasteiger partial charge is 0.343 e. The lowest BCUT2D eigenvalue weighted by Gasteiger charge is -2.45. The Bertz CT molecular complexity index is 1020. The van der Waals surface area contributed by atoms with Gasteiger partial charge in [-0.3, -0.25) is 0 Å². The fourth-order valence-corrected chi connectivity index (χ4v) is 5.93. The third kappa shape index (κ3) is 2.40. The molecule has 1 aromatic carbocycles. The number of nitrogens with zero attached hydrogens (tertiary/aromatic N) is 2. The molecule has 2 atom stereocenters. The van der Waals surface area contributed by atoms with Crippen LogP contribution < -0.4 is 4.90 Å². The monoisotopic (exact) mass is 376 g/mol. The van der Waals surface area contributed by atoms with Crippen LogP contribution in [0.5, 0.6) is 0 Å². The van der Waals surface area contributed by atoms with Crippen LogP contribution in [-0.2, 0) is 9.84 Å². The van der Waals surface area contributed by atoms with E-state index >= 15 is 0 Å². The number of rotatable bonds is 3. The molecule has 4 rings (SSSR count). The van der Waals surface area contributed by atoms with Gasteiger partial charge in [0.1, 0.15) is 5.15 Å². The molecule has 0 bridgehead atoms. The normalized spacial score (nSPS) is 25.7. The lowest BCUT2D eigenvalue weighted by molar-refractivity contribution is 0.476. The van der Waals surface area contributed by atoms with Gasteiger partial charge < -0.3 is 4.90 Å². The molecule has 1 aliphatic heterocycles. The zero-order valence-corrected chi connectivity index (χ0v) is 16.2. The Kier molecular flexibility index (Phi) is 3.51. The van der Waals surface area contributed by atoms with Crippen molar-refractivity contribution in [2.45, 2.75) is 31.4 Å². The van der Waals surface area contributed by atoms with Crippen molar-refractivity contribution in [1.82, 2.24) is 4.98 Å². The van der Waals surface area contributed by atoms with E-state index in [0.717, 1.165) is 22.2 Å². The third-order valence-electron chi connectivity index (χ3n) is 5.65. The highest BCUT2D eigenvalue weighted by Crippen LogP contribution is 2.63. The molecule has 0 amide bonds. The minimum atomic E-state index is -3.02. The maximum Gasteiger partial charge on any atom is 0.151 e. The second-order valence-corrected chi connectivity index (χ2v) is 10.2. The van der Waals surface area contributed by atoms with Crippen LogP contribution >= 0.6 is 11.6 Å². The topological polar surface area (TPSA) is 50.3 Å². The summed E-state index contributed by atoms with van der Waals surface area (Å²) in [6.07, 6.45) is 3.81. The number of fused-ring (bicyclic) bond motifs is 1. The number of halogens is 1. The molecule has 132 valence electrons. The Balaban J connectivity index is 1.75. The fourth-order valence-electron chi connectivity index (χ4n) is 4.14. The number of anilines is 1. The zero-order valence-electron chi connectivity index (χ0n) is 14.6. The van der Waals surface area contributed by atoms with Gasteiger partial charge >= 0.3 is 0 Å². The Hall–Kier alpha value is -1.59. The maximum absolute atomic E-state index is 11.9. The van der Waals surface area contributed by atoms with E-state index in [-0.39, 0.29) is 10.7 Å². The number of pyridine rings is 1. The fraction of sp³-hybridized carbons (Fsp3) is 0.421. The molecule has 0 unspecified atom stereocenters. The molecular formula is C19H21ClN2O2S. The number of benzene rings is 1. The number of sulfone groups is 1. The van der Waals surface area contributed by atoms with E-state index < -0.39 is 9.84 Å². The van der Waals surface area contributed by atoms with Crippen LogP contribution in [0.2, 0.25) is 5.15 Å². The minimum Gasteiger partial charge on any atom is -0.343 e. The summed E-state index contributed by atoms with van der Waals surface area (Å²) in [4.78, 5) is 6.37. The van der Waals surface area contributed by atoms with Gasteiger partial charge in [-0.2, -0.15) is 0 Å². The van der Waals surface area contributed by atoms with Crippen molar-refractivity contribution in [3.63, 3.8) is 0 Å². The van der Waals surface area contributed by atoms with Crippen molar-refractivity contribution in [3.05, 3.63) is 47.4 Å². The number of aromatic nitrogens is 1. The second kappa shape index (κ2) is 5.21. The van der Waals surface area contributed by atoms with Gasteiger partial charge in [0, 0.05) is 35.5 Å². The Morgan fingerprint density at radius 3 is 2.64 bits per heavy atom. The van der Waals surface area contributed by atoms with Gasteiger partial charge in [0.05, 0.1) is 10.9 Å². The highest BCUT2D eigenvalue weighted by molar-refractivity contribution is 7.91. The summed E-state index contributed by atoms with van der Waals surface area (Å²) in [6.45, 7) is 9.20. The van der Waals surface area contributed by atoms with E-state index in [1.807, 2.05) is 6.07 Å². The first-order valence-corrected chi connectivity index (χ1v) is 10.7. The molecule has 0 N–H and O–H groups in total. The van der Waals surface area contributed by atoms with Crippen LogP contribution in [0.3, 0.4) is 0 Å². The van der Waals surface area contributed by atoms with Crippen LogP contribution in [0, 0.1) is 5.41 Å². The molecule has 1 aliphatic carbocycles. The summed E-state index contributed by atoms with van der Waals surface area (Å²) in [6, 6.07) is 6.12. The molecule has 2 aromatic rings. The minimum absolute atomic E-state index is 0.253. The van der Waals surface area contributed by atoms with Gasteiger partial charge in [0.2, 0.25) is 0 Å². The molecule has 25 heavy (non-hydrogen) atoms. The molecule has 2 aliphatic rings. The third-order valence-corrected chi connectivity index (χ3v) is 7.51. The molecular weight excluding hydrogens is 356 g/mol.